The largest absolute Gasteiger partial charge is 0.468 e. The third-order valence-corrected chi connectivity index (χ3v) is 1.48. The molecule has 1 atom stereocenters. The first-order valence-electron chi connectivity index (χ1n) is 3.86. The predicted octanol–water partition coefficient (Wildman–Crippen LogP) is 1.55. The van der Waals surface area contributed by atoms with Gasteiger partial charge in [0.25, 0.3) is 0 Å². The predicted molar refractivity (Wildman–Crippen MR) is 47.2 cm³/mol. The number of para-hydroxylation sites is 1. The van der Waals surface area contributed by atoms with Crippen LogP contribution in [0.4, 0.5) is 0 Å². The topological polar surface area (TPSA) is 50.1 Å². The van der Waals surface area contributed by atoms with E-state index in [-0.39, 0.29) is 5.78 Å². The van der Waals surface area contributed by atoms with E-state index < -0.39 is 6.10 Å². The molecule has 1 unspecified atom stereocenters. The molecule has 0 N–H and O–H groups in total. The van der Waals surface area contributed by atoms with Gasteiger partial charge in [0.2, 0.25) is 6.10 Å². The van der Waals surface area contributed by atoms with E-state index in [4.69, 9.17) is 10.00 Å². The Morgan fingerprint density at radius 2 is 2.08 bits per heavy atom. The third-order valence-electron chi connectivity index (χ3n) is 1.48. The van der Waals surface area contributed by atoms with E-state index in [9.17, 15) is 4.79 Å². The minimum Gasteiger partial charge on any atom is -0.468 e. The zero-order valence-electron chi connectivity index (χ0n) is 7.23. The van der Waals surface area contributed by atoms with E-state index >= 15 is 0 Å². The van der Waals surface area contributed by atoms with Crippen LogP contribution in [0.3, 0.4) is 0 Å². The first-order valence-corrected chi connectivity index (χ1v) is 3.86. The minimum atomic E-state index is -0.998. The fourth-order valence-electron chi connectivity index (χ4n) is 0.835. The number of ketones is 1. The maximum atomic E-state index is 10.8. The number of Topliss-reactive ketones (excluding diaryl/α,β-unsaturated/α-hetero) is 1. The second kappa shape index (κ2) is 4.27. The van der Waals surface area contributed by atoms with E-state index in [1.165, 1.54) is 6.92 Å². The lowest BCUT2D eigenvalue weighted by molar-refractivity contribution is -0.121. The summed E-state index contributed by atoms with van der Waals surface area (Å²) >= 11 is 0. The maximum absolute atomic E-state index is 10.8. The second-order valence-corrected chi connectivity index (χ2v) is 2.55. The van der Waals surface area contributed by atoms with Gasteiger partial charge in [-0.25, -0.2) is 0 Å². The molecule has 1 rings (SSSR count). The first-order chi connectivity index (χ1) is 6.24. The van der Waals surface area contributed by atoms with Crippen LogP contribution >= 0.6 is 0 Å². The van der Waals surface area contributed by atoms with E-state index in [1.807, 2.05) is 6.07 Å². The van der Waals surface area contributed by atoms with Gasteiger partial charge < -0.3 is 4.74 Å². The summed E-state index contributed by atoms with van der Waals surface area (Å²) in [5.74, 6) is 0.246. The number of ether oxygens (including phenoxy) is 1. The number of nitriles is 1. The molecule has 0 amide bonds. The van der Waals surface area contributed by atoms with Crippen LogP contribution in [0.5, 0.6) is 5.75 Å². The molecule has 13 heavy (non-hydrogen) atoms. The van der Waals surface area contributed by atoms with Gasteiger partial charge in [-0.15, -0.1) is 0 Å². The number of hydrogen-bond acceptors (Lipinski definition) is 3. The highest BCUT2D eigenvalue weighted by atomic mass is 16.5. The van der Waals surface area contributed by atoms with Crippen molar-refractivity contribution < 1.29 is 9.53 Å². The van der Waals surface area contributed by atoms with Gasteiger partial charge in [0, 0.05) is 0 Å². The number of carbonyl (C=O) groups is 1. The number of carbonyl (C=O) groups excluding carboxylic acids is 1. The van der Waals surface area contributed by atoms with Crippen LogP contribution in [0.1, 0.15) is 6.92 Å². The number of rotatable bonds is 3. The van der Waals surface area contributed by atoms with Gasteiger partial charge in [0.05, 0.1) is 0 Å². The maximum Gasteiger partial charge on any atom is 0.241 e. The van der Waals surface area contributed by atoms with Crippen LogP contribution in [0.2, 0.25) is 0 Å². The second-order valence-electron chi connectivity index (χ2n) is 2.55. The third kappa shape index (κ3) is 2.60. The number of benzene rings is 1. The average Bonchev–Trinajstić information content (AvgIpc) is 2.15. The van der Waals surface area contributed by atoms with Crippen molar-refractivity contribution >= 4 is 5.78 Å². The van der Waals surface area contributed by atoms with Crippen molar-refractivity contribution in [1.82, 2.24) is 0 Å². The lowest BCUT2D eigenvalue weighted by Gasteiger charge is -2.08. The van der Waals surface area contributed by atoms with Crippen LogP contribution in [0.25, 0.3) is 0 Å². The van der Waals surface area contributed by atoms with Crippen LogP contribution in [0, 0.1) is 11.3 Å². The molecule has 0 aliphatic carbocycles. The van der Waals surface area contributed by atoms with E-state index in [1.54, 1.807) is 30.3 Å². The molecule has 0 aliphatic rings. The highest BCUT2D eigenvalue weighted by molar-refractivity contribution is 5.83. The standard InChI is InChI=1S/C10H9NO2/c1-8(12)10(7-11)13-9-5-3-2-4-6-9/h2-6,10H,1H3. The molecule has 0 saturated carbocycles. The lowest BCUT2D eigenvalue weighted by Crippen LogP contribution is -2.22. The van der Waals surface area contributed by atoms with Gasteiger partial charge in [-0.3, -0.25) is 4.79 Å². The summed E-state index contributed by atoms with van der Waals surface area (Å²) in [5.41, 5.74) is 0. The molecular weight excluding hydrogens is 166 g/mol. The van der Waals surface area contributed by atoms with Gasteiger partial charge in [0.1, 0.15) is 11.8 Å². The Labute approximate surface area is 76.6 Å². The molecule has 0 bridgehead atoms. The zero-order valence-corrected chi connectivity index (χ0v) is 7.23. The summed E-state index contributed by atoms with van der Waals surface area (Å²) < 4.78 is 5.11. The average molecular weight is 175 g/mol. The van der Waals surface area contributed by atoms with Gasteiger partial charge in [0.15, 0.2) is 5.78 Å². The Morgan fingerprint density at radius 1 is 1.46 bits per heavy atom. The first kappa shape index (κ1) is 9.27. The van der Waals surface area contributed by atoms with Crippen LogP contribution in [-0.2, 0) is 4.79 Å². The molecule has 3 heteroatoms. The lowest BCUT2D eigenvalue weighted by atomic mass is 10.3. The van der Waals surface area contributed by atoms with Gasteiger partial charge in [-0.05, 0) is 19.1 Å². The minimum absolute atomic E-state index is 0.286. The Hall–Kier alpha value is -1.82. The molecule has 0 aliphatic heterocycles. The van der Waals surface area contributed by atoms with Crippen LogP contribution in [0.15, 0.2) is 30.3 Å². The summed E-state index contributed by atoms with van der Waals surface area (Å²) in [6.07, 6.45) is -0.998. The van der Waals surface area contributed by atoms with Gasteiger partial charge in [-0.1, -0.05) is 18.2 Å². The fraction of sp³-hybridized carbons (Fsp3) is 0.200. The normalized spacial score (nSPS) is 11.4. The Morgan fingerprint density at radius 3 is 2.54 bits per heavy atom. The molecule has 3 nitrogen and oxygen atoms in total. The molecule has 0 saturated heterocycles. The summed E-state index contributed by atoms with van der Waals surface area (Å²) in [6, 6.07) is 10.6. The molecule has 66 valence electrons. The van der Waals surface area contributed by atoms with Crippen molar-refractivity contribution in [2.75, 3.05) is 0 Å². The van der Waals surface area contributed by atoms with Gasteiger partial charge in [-0.2, -0.15) is 5.26 Å². The molecule has 0 heterocycles. The molecular formula is C10H9NO2. The Balaban J connectivity index is 2.69. The van der Waals surface area contributed by atoms with Crippen molar-refractivity contribution in [3.05, 3.63) is 30.3 Å². The van der Waals surface area contributed by atoms with Crippen LogP contribution < -0.4 is 4.74 Å². The summed E-state index contributed by atoms with van der Waals surface area (Å²) in [6.45, 7) is 1.33. The van der Waals surface area contributed by atoms with Crippen molar-refractivity contribution in [2.45, 2.75) is 13.0 Å². The Kier molecular flexibility index (Phi) is 3.04. The summed E-state index contributed by atoms with van der Waals surface area (Å²) in [5, 5.41) is 8.56. The molecule has 0 radical (unpaired) electrons. The monoisotopic (exact) mass is 175 g/mol. The highest BCUT2D eigenvalue weighted by Gasteiger charge is 2.13. The number of hydrogen-bond donors (Lipinski definition) is 0. The summed E-state index contributed by atoms with van der Waals surface area (Å²) in [4.78, 5) is 10.8. The molecule has 1 aromatic carbocycles. The number of nitrogens with zero attached hydrogens (tertiary/aromatic N) is 1. The van der Waals surface area contributed by atoms with E-state index in [0.29, 0.717) is 5.75 Å². The van der Waals surface area contributed by atoms with Crippen molar-refractivity contribution in [3.8, 4) is 11.8 Å². The van der Waals surface area contributed by atoms with Gasteiger partial charge >= 0.3 is 0 Å². The molecule has 0 spiro atoms. The molecule has 0 fully saturated rings. The van der Waals surface area contributed by atoms with Crippen molar-refractivity contribution in [3.63, 3.8) is 0 Å². The van der Waals surface area contributed by atoms with Crippen LogP contribution in [-0.4, -0.2) is 11.9 Å². The van der Waals surface area contributed by atoms with E-state index in [2.05, 4.69) is 0 Å². The zero-order chi connectivity index (χ0) is 9.68. The smallest absolute Gasteiger partial charge is 0.241 e. The quantitative estimate of drug-likeness (QED) is 0.700. The van der Waals surface area contributed by atoms with E-state index in [0.717, 1.165) is 0 Å². The molecule has 1 aromatic rings. The highest BCUT2D eigenvalue weighted by Crippen LogP contribution is 2.10. The molecule has 0 aromatic heterocycles. The van der Waals surface area contributed by atoms with Crippen molar-refractivity contribution in [1.29, 1.82) is 5.26 Å². The summed E-state index contributed by atoms with van der Waals surface area (Å²) in [7, 11) is 0. The SMILES string of the molecule is CC(=O)C(C#N)Oc1ccccc1. The van der Waals surface area contributed by atoms with Crippen molar-refractivity contribution in [2.24, 2.45) is 0 Å². The Bertz CT molecular complexity index is 327. The fourth-order valence-corrected chi connectivity index (χ4v) is 0.835.